The molecule has 22 heavy (non-hydrogen) atoms. The minimum Gasteiger partial charge on any atom is -0.327 e. The van der Waals surface area contributed by atoms with Crippen molar-refractivity contribution < 1.29 is 4.79 Å². The summed E-state index contributed by atoms with van der Waals surface area (Å²) in [4.78, 5) is 19.8. The first-order chi connectivity index (χ1) is 10.7. The Morgan fingerprint density at radius 3 is 2.64 bits per heavy atom. The van der Waals surface area contributed by atoms with E-state index < -0.39 is 0 Å². The summed E-state index contributed by atoms with van der Waals surface area (Å²) in [6.45, 7) is 2.91. The number of piperidine rings is 1. The molecule has 1 saturated heterocycles. The van der Waals surface area contributed by atoms with E-state index in [0.717, 1.165) is 37.3 Å². The Morgan fingerprint density at radius 2 is 2.00 bits per heavy atom. The molecule has 1 aliphatic rings. The molecule has 0 bridgehead atoms. The van der Waals surface area contributed by atoms with Crippen LogP contribution in [0.3, 0.4) is 0 Å². The monoisotopic (exact) mass is 315 g/mol. The molecule has 1 fully saturated rings. The van der Waals surface area contributed by atoms with E-state index in [1.54, 1.807) is 0 Å². The number of nitrogens with zero attached hydrogens (tertiary/aromatic N) is 3. The zero-order valence-electron chi connectivity index (χ0n) is 12.8. The Hall–Kier alpha value is -1.72. The van der Waals surface area contributed by atoms with Gasteiger partial charge in [-0.05, 0) is 31.5 Å². The number of rotatable bonds is 3. The summed E-state index contributed by atoms with van der Waals surface area (Å²) in [7, 11) is 1.92. The van der Waals surface area contributed by atoms with Crippen LogP contribution in [0.15, 0.2) is 46.9 Å². The van der Waals surface area contributed by atoms with Crippen LogP contribution < -0.4 is 4.80 Å². The van der Waals surface area contributed by atoms with Gasteiger partial charge in [-0.1, -0.05) is 30.3 Å². The average molecular weight is 315 g/mol. The van der Waals surface area contributed by atoms with Crippen molar-refractivity contribution in [3.8, 4) is 0 Å². The van der Waals surface area contributed by atoms with Crippen molar-refractivity contribution in [3.05, 3.63) is 52.3 Å². The predicted molar refractivity (Wildman–Crippen MR) is 88.3 cm³/mol. The number of carbonyl (C=O) groups is 1. The highest BCUT2D eigenvalue weighted by Gasteiger charge is 2.24. The first kappa shape index (κ1) is 15.2. The van der Waals surface area contributed by atoms with Crippen molar-refractivity contribution in [2.75, 3.05) is 13.1 Å². The van der Waals surface area contributed by atoms with E-state index in [2.05, 4.69) is 34.2 Å². The number of likely N-dealkylation sites (tertiary alicyclic amines) is 1. The van der Waals surface area contributed by atoms with Crippen molar-refractivity contribution in [1.82, 2.24) is 9.47 Å². The maximum absolute atomic E-state index is 12.3. The highest BCUT2D eigenvalue weighted by molar-refractivity contribution is 7.07. The summed E-state index contributed by atoms with van der Waals surface area (Å²) in [5.41, 5.74) is 1.34. The van der Waals surface area contributed by atoms with Crippen LogP contribution >= 0.6 is 11.3 Å². The standard InChI is InChI=1S/C17H21N3OS/c1-19-11-12-22-17(19)18-16(21)15-7-9-20(10-8-15)13-14-5-3-2-4-6-14/h2-6,11-12,15H,7-10,13H2,1H3. The largest absolute Gasteiger partial charge is 0.327 e. The van der Waals surface area contributed by atoms with E-state index in [1.165, 1.54) is 16.9 Å². The SMILES string of the molecule is Cn1ccsc1=NC(=O)C1CCN(Cc2ccccc2)CC1. The summed E-state index contributed by atoms with van der Waals surface area (Å²) in [5.74, 6) is 0.117. The van der Waals surface area contributed by atoms with Crippen molar-refractivity contribution in [3.63, 3.8) is 0 Å². The van der Waals surface area contributed by atoms with Crippen molar-refractivity contribution in [2.45, 2.75) is 19.4 Å². The average Bonchev–Trinajstić information content (AvgIpc) is 2.94. The third-order valence-corrected chi connectivity index (χ3v) is 5.00. The first-order valence-corrected chi connectivity index (χ1v) is 8.55. The Morgan fingerprint density at radius 1 is 1.27 bits per heavy atom. The van der Waals surface area contributed by atoms with Gasteiger partial charge in [-0.2, -0.15) is 4.99 Å². The number of carbonyl (C=O) groups excluding carboxylic acids is 1. The summed E-state index contributed by atoms with van der Waals surface area (Å²) < 4.78 is 1.90. The van der Waals surface area contributed by atoms with E-state index in [0.29, 0.717) is 0 Å². The molecule has 1 aliphatic heterocycles. The number of amides is 1. The number of thiazole rings is 1. The lowest BCUT2D eigenvalue weighted by molar-refractivity contribution is -0.123. The molecule has 5 heteroatoms. The quantitative estimate of drug-likeness (QED) is 0.872. The third kappa shape index (κ3) is 3.72. The molecule has 0 saturated carbocycles. The fourth-order valence-electron chi connectivity index (χ4n) is 2.80. The molecule has 3 rings (SSSR count). The van der Waals surface area contributed by atoms with Gasteiger partial charge in [0.2, 0.25) is 0 Å². The van der Waals surface area contributed by atoms with Gasteiger partial charge in [0.15, 0.2) is 4.80 Å². The van der Waals surface area contributed by atoms with E-state index in [-0.39, 0.29) is 11.8 Å². The smallest absolute Gasteiger partial charge is 0.251 e. The van der Waals surface area contributed by atoms with Crippen LogP contribution in [-0.2, 0) is 18.4 Å². The lowest BCUT2D eigenvalue weighted by atomic mass is 9.96. The topological polar surface area (TPSA) is 37.6 Å². The van der Waals surface area contributed by atoms with Crippen LogP contribution in [0.25, 0.3) is 0 Å². The molecule has 0 radical (unpaired) electrons. The van der Waals surface area contributed by atoms with Gasteiger partial charge < -0.3 is 4.57 Å². The molecule has 1 aromatic carbocycles. The van der Waals surface area contributed by atoms with Crippen LogP contribution in [0.4, 0.5) is 0 Å². The summed E-state index contributed by atoms with van der Waals surface area (Å²) in [5, 5.41) is 1.95. The molecule has 0 N–H and O–H groups in total. The van der Waals surface area contributed by atoms with Gasteiger partial charge in [-0.15, -0.1) is 11.3 Å². The fourth-order valence-corrected chi connectivity index (χ4v) is 3.53. The Bertz CT molecular complexity index is 681. The normalized spacial score (nSPS) is 17.8. The second-order valence-corrected chi connectivity index (χ2v) is 6.66. The van der Waals surface area contributed by atoms with E-state index >= 15 is 0 Å². The number of benzene rings is 1. The number of hydrogen-bond acceptors (Lipinski definition) is 3. The van der Waals surface area contributed by atoms with Crippen molar-refractivity contribution in [2.24, 2.45) is 18.0 Å². The van der Waals surface area contributed by atoms with Gasteiger partial charge in [0.05, 0.1) is 0 Å². The lowest BCUT2D eigenvalue weighted by Gasteiger charge is -2.30. The van der Waals surface area contributed by atoms with Crippen LogP contribution in [0, 0.1) is 5.92 Å². The Kier molecular flexibility index (Phi) is 4.85. The maximum atomic E-state index is 12.3. The van der Waals surface area contributed by atoms with Crippen LogP contribution in [0.2, 0.25) is 0 Å². The highest BCUT2D eigenvalue weighted by Crippen LogP contribution is 2.20. The highest BCUT2D eigenvalue weighted by atomic mass is 32.1. The van der Waals surface area contributed by atoms with Crippen LogP contribution in [-0.4, -0.2) is 28.5 Å². The Balaban J connectivity index is 1.56. The molecule has 2 aromatic rings. The molecular weight excluding hydrogens is 294 g/mol. The summed E-state index contributed by atoms with van der Waals surface area (Å²) >= 11 is 1.51. The maximum Gasteiger partial charge on any atom is 0.251 e. The minimum absolute atomic E-state index is 0.0393. The van der Waals surface area contributed by atoms with Crippen LogP contribution in [0.1, 0.15) is 18.4 Å². The van der Waals surface area contributed by atoms with E-state index in [4.69, 9.17) is 0 Å². The second-order valence-electron chi connectivity index (χ2n) is 5.78. The van der Waals surface area contributed by atoms with Crippen molar-refractivity contribution >= 4 is 17.2 Å². The fraction of sp³-hybridized carbons (Fsp3) is 0.412. The van der Waals surface area contributed by atoms with Gasteiger partial charge in [0.25, 0.3) is 5.91 Å². The summed E-state index contributed by atoms with van der Waals surface area (Å²) in [6.07, 6.45) is 3.74. The van der Waals surface area contributed by atoms with Crippen molar-refractivity contribution in [1.29, 1.82) is 0 Å². The summed E-state index contributed by atoms with van der Waals surface area (Å²) in [6, 6.07) is 10.5. The molecule has 0 aliphatic carbocycles. The Labute approximate surface area is 134 Å². The second kappa shape index (κ2) is 7.03. The molecule has 0 atom stereocenters. The van der Waals surface area contributed by atoms with E-state index in [9.17, 15) is 4.79 Å². The van der Waals surface area contributed by atoms with Gasteiger partial charge in [-0.25, -0.2) is 0 Å². The lowest BCUT2D eigenvalue weighted by Crippen LogP contribution is -2.36. The van der Waals surface area contributed by atoms with E-state index in [1.807, 2.05) is 29.3 Å². The molecule has 0 unspecified atom stereocenters. The molecular formula is C17H21N3OS. The van der Waals surface area contributed by atoms with Gasteiger partial charge in [-0.3, -0.25) is 9.69 Å². The first-order valence-electron chi connectivity index (χ1n) is 7.67. The molecule has 1 aromatic heterocycles. The number of aromatic nitrogens is 1. The molecule has 2 heterocycles. The zero-order valence-corrected chi connectivity index (χ0v) is 13.6. The molecule has 4 nitrogen and oxygen atoms in total. The number of hydrogen-bond donors (Lipinski definition) is 0. The molecule has 116 valence electrons. The van der Waals surface area contributed by atoms with Gasteiger partial charge in [0.1, 0.15) is 0 Å². The molecule has 1 amide bonds. The van der Waals surface area contributed by atoms with Crippen LogP contribution in [0.5, 0.6) is 0 Å². The predicted octanol–water partition coefficient (Wildman–Crippen LogP) is 2.43. The third-order valence-electron chi connectivity index (χ3n) is 4.15. The molecule has 0 spiro atoms. The number of aryl methyl sites for hydroxylation is 1. The minimum atomic E-state index is 0.0393. The van der Waals surface area contributed by atoms with Gasteiger partial charge in [0, 0.05) is 31.1 Å². The zero-order chi connectivity index (χ0) is 15.4. The van der Waals surface area contributed by atoms with Gasteiger partial charge >= 0.3 is 0 Å².